The molecule has 2 aliphatic heterocycles. The predicted molar refractivity (Wildman–Crippen MR) is 100 cm³/mol. The molecule has 3 aromatic rings. The van der Waals surface area contributed by atoms with Crippen molar-refractivity contribution in [2.24, 2.45) is 0 Å². The first kappa shape index (κ1) is 18.6. The second-order valence-corrected chi connectivity index (χ2v) is 7.04. The van der Waals surface area contributed by atoms with Crippen LogP contribution in [0.5, 0.6) is 11.5 Å². The third kappa shape index (κ3) is 3.59. The summed E-state index contributed by atoms with van der Waals surface area (Å²) in [6.07, 6.45) is -0.564. The number of hydrogen-bond acceptors (Lipinski definition) is 7. The summed E-state index contributed by atoms with van der Waals surface area (Å²) < 4.78 is 40.3. The molecule has 0 spiro atoms. The first-order valence-electron chi connectivity index (χ1n) is 9.33. The van der Waals surface area contributed by atoms with Crippen LogP contribution in [0.2, 0.25) is 0 Å². The molecule has 1 N–H and O–H groups in total. The number of halogens is 2. The van der Waals surface area contributed by atoms with Gasteiger partial charge >= 0.3 is 12.3 Å². The van der Waals surface area contributed by atoms with E-state index in [0.29, 0.717) is 49.5 Å². The summed E-state index contributed by atoms with van der Waals surface area (Å²) in [5.74, 6) is 0.464. The zero-order valence-electron chi connectivity index (χ0n) is 15.7. The zero-order chi connectivity index (χ0) is 20.7. The van der Waals surface area contributed by atoms with Gasteiger partial charge < -0.3 is 18.9 Å². The Kier molecular flexibility index (Phi) is 4.39. The number of alkyl halides is 2. The maximum absolute atomic E-state index is 13.2. The van der Waals surface area contributed by atoms with Crippen LogP contribution in [0.1, 0.15) is 5.56 Å². The van der Waals surface area contributed by atoms with Gasteiger partial charge in [0, 0.05) is 45.0 Å². The van der Waals surface area contributed by atoms with Crippen LogP contribution in [0.15, 0.2) is 41.2 Å². The van der Waals surface area contributed by atoms with E-state index < -0.39 is 6.29 Å². The number of ether oxygens (including phenoxy) is 2. The molecule has 1 saturated heterocycles. The van der Waals surface area contributed by atoms with Crippen LogP contribution in [0.3, 0.4) is 0 Å². The van der Waals surface area contributed by atoms with Crippen molar-refractivity contribution < 1.29 is 27.6 Å². The topological polar surface area (TPSA) is 93.0 Å². The highest BCUT2D eigenvalue weighted by molar-refractivity contribution is 5.97. The van der Waals surface area contributed by atoms with Crippen LogP contribution in [0.25, 0.3) is 11.0 Å². The highest BCUT2D eigenvalue weighted by atomic mass is 19.3. The van der Waals surface area contributed by atoms with Crippen LogP contribution in [0.4, 0.5) is 19.4 Å². The van der Waals surface area contributed by atoms with Crippen LogP contribution in [-0.4, -0.2) is 58.4 Å². The number of piperazine rings is 1. The highest BCUT2D eigenvalue weighted by Crippen LogP contribution is 2.41. The molecule has 0 saturated carbocycles. The molecule has 0 radical (unpaired) electrons. The standard InChI is InChI=1S/C19H17F2N5O4/c20-19(21)28-15-2-1-12(9-16(15)29-19)11-25-5-7-26(8-6-25)18(27)24-17-13-10-23-30-14(13)3-4-22-17/h1-4,9-10H,5-8,11H2,(H,22,24,27). The maximum atomic E-state index is 13.2. The van der Waals surface area contributed by atoms with E-state index in [4.69, 9.17) is 4.52 Å². The maximum Gasteiger partial charge on any atom is 0.586 e. The number of fused-ring (bicyclic) bond motifs is 2. The molecule has 0 aliphatic carbocycles. The highest BCUT2D eigenvalue weighted by Gasteiger charge is 2.43. The van der Waals surface area contributed by atoms with E-state index in [1.165, 1.54) is 12.3 Å². The average Bonchev–Trinajstić information content (AvgIpc) is 3.31. The van der Waals surface area contributed by atoms with Crippen molar-refractivity contribution in [2.45, 2.75) is 12.8 Å². The Bertz CT molecular complexity index is 1100. The average molecular weight is 417 g/mol. The number of aromatic nitrogens is 2. The van der Waals surface area contributed by atoms with Crippen molar-refractivity contribution in [1.29, 1.82) is 0 Å². The Balaban J connectivity index is 1.17. The molecule has 30 heavy (non-hydrogen) atoms. The molecule has 2 amide bonds. The van der Waals surface area contributed by atoms with Crippen LogP contribution in [-0.2, 0) is 6.54 Å². The van der Waals surface area contributed by atoms with Crippen LogP contribution < -0.4 is 14.8 Å². The lowest BCUT2D eigenvalue weighted by atomic mass is 10.1. The van der Waals surface area contributed by atoms with Gasteiger partial charge in [-0.3, -0.25) is 10.2 Å². The van der Waals surface area contributed by atoms with E-state index >= 15 is 0 Å². The third-order valence-corrected chi connectivity index (χ3v) is 5.04. The minimum absolute atomic E-state index is 0.0293. The van der Waals surface area contributed by atoms with Gasteiger partial charge in [0.25, 0.3) is 0 Å². The lowest BCUT2D eigenvalue weighted by molar-refractivity contribution is -0.286. The second kappa shape index (κ2) is 7.10. The summed E-state index contributed by atoms with van der Waals surface area (Å²) in [7, 11) is 0. The van der Waals surface area contributed by atoms with Gasteiger partial charge in [-0.05, 0) is 17.7 Å². The van der Waals surface area contributed by atoms with E-state index in [1.807, 2.05) is 0 Å². The SMILES string of the molecule is O=C(Nc1nccc2oncc12)N1CCN(Cc2ccc3c(c2)OC(F)(F)O3)CC1. The molecule has 1 fully saturated rings. The fourth-order valence-corrected chi connectivity index (χ4v) is 3.53. The lowest BCUT2D eigenvalue weighted by Crippen LogP contribution is -2.49. The molecule has 2 aromatic heterocycles. The van der Waals surface area contributed by atoms with Crippen LogP contribution >= 0.6 is 0 Å². The van der Waals surface area contributed by atoms with Gasteiger partial charge in [-0.15, -0.1) is 8.78 Å². The summed E-state index contributed by atoms with van der Waals surface area (Å²) in [4.78, 5) is 20.6. The quantitative estimate of drug-likeness (QED) is 0.700. The van der Waals surface area contributed by atoms with Crippen molar-refractivity contribution in [1.82, 2.24) is 19.9 Å². The van der Waals surface area contributed by atoms with Crippen molar-refractivity contribution in [3.05, 3.63) is 42.2 Å². The number of benzene rings is 1. The number of urea groups is 1. The van der Waals surface area contributed by atoms with E-state index in [9.17, 15) is 13.6 Å². The third-order valence-electron chi connectivity index (χ3n) is 5.04. The molecule has 11 heteroatoms. The summed E-state index contributed by atoms with van der Waals surface area (Å²) in [6, 6.07) is 6.19. The van der Waals surface area contributed by atoms with Gasteiger partial charge in [-0.2, -0.15) is 0 Å². The number of carbonyl (C=O) groups is 1. The molecule has 0 atom stereocenters. The molecule has 1 aromatic carbocycles. The van der Waals surface area contributed by atoms with Gasteiger partial charge in [0.2, 0.25) is 0 Å². The second-order valence-electron chi connectivity index (χ2n) is 7.04. The van der Waals surface area contributed by atoms with Crippen molar-refractivity contribution in [3.63, 3.8) is 0 Å². The molecule has 2 aliphatic rings. The lowest BCUT2D eigenvalue weighted by Gasteiger charge is -2.34. The molecular formula is C19H17F2N5O4. The van der Waals surface area contributed by atoms with Gasteiger partial charge in [0.1, 0.15) is 5.82 Å². The van der Waals surface area contributed by atoms with Crippen molar-refractivity contribution in [3.8, 4) is 11.5 Å². The van der Waals surface area contributed by atoms with Crippen LogP contribution in [0, 0.1) is 0 Å². The fraction of sp³-hybridized carbons (Fsp3) is 0.316. The minimum Gasteiger partial charge on any atom is -0.395 e. The Morgan fingerprint density at radius 3 is 2.77 bits per heavy atom. The minimum atomic E-state index is -3.62. The Morgan fingerprint density at radius 2 is 1.93 bits per heavy atom. The first-order chi connectivity index (χ1) is 14.5. The molecular weight excluding hydrogens is 400 g/mol. The van der Waals surface area contributed by atoms with Crippen molar-refractivity contribution >= 4 is 22.8 Å². The number of amides is 2. The smallest absolute Gasteiger partial charge is 0.395 e. The molecule has 9 nitrogen and oxygen atoms in total. The number of rotatable bonds is 3. The summed E-state index contributed by atoms with van der Waals surface area (Å²) >= 11 is 0. The Hall–Kier alpha value is -3.47. The predicted octanol–water partition coefficient (Wildman–Crippen LogP) is 2.89. The summed E-state index contributed by atoms with van der Waals surface area (Å²) in [5, 5.41) is 7.15. The number of hydrogen-bond donors (Lipinski definition) is 1. The Labute approximate surface area is 169 Å². The van der Waals surface area contributed by atoms with Gasteiger partial charge in [-0.1, -0.05) is 11.2 Å². The number of nitrogens with zero attached hydrogens (tertiary/aromatic N) is 4. The van der Waals surface area contributed by atoms with Gasteiger partial charge in [-0.25, -0.2) is 9.78 Å². The summed E-state index contributed by atoms with van der Waals surface area (Å²) in [6.45, 7) is 2.88. The normalized spacial score (nSPS) is 18.0. The molecule has 5 rings (SSSR count). The van der Waals surface area contributed by atoms with E-state index in [1.54, 1.807) is 29.3 Å². The van der Waals surface area contributed by atoms with E-state index in [2.05, 4.69) is 29.8 Å². The fourth-order valence-electron chi connectivity index (χ4n) is 3.53. The summed E-state index contributed by atoms with van der Waals surface area (Å²) in [5.41, 5.74) is 1.38. The largest absolute Gasteiger partial charge is 0.586 e. The molecule has 156 valence electrons. The molecule has 4 heterocycles. The number of pyridine rings is 1. The number of nitrogens with one attached hydrogen (secondary N) is 1. The van der Waals surface area contributed by atoms with Gasteiger partial charge in [0.05, 0.1) is 11.6 Å². The van der Waals surface area contributed by atoms with E-state index in [0.717, 1.165) is 5.56 Å². The number of anilines is 1. The zero-order valence-corrected chi connectivity index (χ0v) is 15.7. The van der Waals surface area contributed by atoms with Crippen molar-refractivity contribution in [2.75, 3.05) is 31.5 Å². The molecule has 0 unspecified atom stereocenters. The monoisotopic (exact) mass is 417 g/mol. The number of carbonyl (C=O) groups excluding carboxylic acids is 1. The molecule has 0 bridgehead atoms. The Morgan fingerprint density at radius 1 is 1.13 bits per heavy atom. The first-order valence-corrected chi connectivity index (χ1v) is 9.33. The van der Waals surface area contributed by atoms with E-state index in [-0.39, 0.29) is 17.5 Å². The van der Waals surface area contributed by atoms with Gasteiger partial charge in [0.15, 0.2) is 17.1 Å².